The first-order valence-corrected chi connectivity index (χ1v) is 4.80. The lowest BCUT2D eigenvalue weighted by molar-refractivity contribution is -0.164. The van der Waals surface area contributed by atoms with Crippen molar-refractivity contribution in [3.8, 4) is 0 Å². The molecule has 0 spiro atoms. The van der Waals surface area contributed by atoms with Crippen LogP contribution in [0.15, 0.2) is 29.2 Å². The van der Waals surface area contributed by atoms with Crippen LogP contribution in [-0.4, -0.2) is 8.42 Å². The Morgan fingerprint density at radius 1 is 1.18 bits per heavy atom. The zero-order chi connectivity index (χ0) is 8.48. The molecular formula is C7H10NO2S+. The highest BCUT2D eigenvalue weighted by atomic mass is 32.2. The van der Waals surface area contributed by atoms with Crippen LogP contribution in [0, 0.1) is 6.92 Å². The normalized spacial score (nSPS) is 11.5. The average Bonchev–Trinajstić information content (AvgIpc) is 1.86. The van der Waals surface area contributed by atoms with Crippen LogP contribution in [0.3, 0.4) is 0 Å². The van der Waals surface area contributed by atoms with Crippen LogP contribution in [0.4, 0.5) is 0 Å². The summed E-state index contributed by atoms with van der Waals surface area (Å²) >= 11 is 0. The molecular weight excluding hydrogens is 162 g/mol. The van der Waals surface area contributed by atoms with Crippen molar-refractivity contribution in [1.29, 1.82) is 0 Å². The maximum atomic E-state index is 10.8. The van der Waals surface area contributed by atoms with Gasteiger partial charge in [0.05, 0.1) is 0 Å². The fourth-order valence-corrected chi connectivity index (χ4v) is 1.30. The number of aryl methyl sites for hydroxylation is 1. The second-order valence-electron chi connectivity index (χ2n) is 2.43. The van der Waals surface area contributed by atoms with Crippen molar-refractivity contribution in [3.05, 3.63) is 29.8 Å². The Morgan fingerprint density at radius 3 is 2.00 bits per heavy atom. The molecule has 0 heterocycles. The van der Waals surface area contributed by atoms with E-state index in [-0.39, 0.29) is 4.90 Å². The highest BCUT2D eigenvalue weighted by molar-refractivity contribution is 7.84. The van der Waals surface area contributed by atoms with Crippen LogP contribution < -0.4 is 5.14 Å². The molecule has 3 nitrogen and oxygen atoms in total. The Balaban J connectivity index is 3.20. The van der Waals surface area contributed by atoms with Crippen molar-refractivity contribution in [2.24, 2.45) is 0 Å². The topological polar surface area (TPSA) is 61.8 Å². The van der Waals surface area contributed by atoms with Gasteiger partial charge in [-0.05, 0) is 19.1 Å². The Bertz CT molecular complexity index is 339. The van der Waals surface area contributed by atoms with Gasteiger partial charge in [0, 0.05) is 0 Å². The van der Waals surface area contributed by atoms with E-state index in [1.54, 1.807) is 24.3 Å². The molecule has 0 saturated carbocycles. The van der Waals surface area contributed by atoms with E-state index in [9.17, 15) is 8.42 Å². The van der Waals surface area contributed by atoms with E-state index >= 15 is 0 Å². The summed E-state index contributed by atoms with van der Waals surface area (Å²) in [5.41, 5.74) is 1.04. The Morgan fingerprint density at radius 2 is 1.64 bits per heavy atom. The van der Waals surface area contributed by atoms with Gasteiger partial charge in [-0.2, -0.15) is 8.42 Å². The van der Waals surface area contributed by atoms with Gasteiger partial charge in [0.1, 0.15) is 4.90 Å². The molecule has 1 aromatic rings. The van der Waals surface area contributed by atoms with Gasteiger partial charge in [-0.15, -0.1) is 0 Å². The molecule has 1 rings (SSSR count). The third-order valence-corrected chi connectivity index (χ3v) is 2.37. The number of hydrogen-bond donors (Lipinski definition) is 1. The molecule has 0 aromatic heterocycles. The van der Waals surface area contributed by atoms with Crippen molar-refractivity contribution in [2.45, 2.75) is 11.8 Å². The Hall–Kier alpha value is -0.870. The lowest BCUT2D eigenvalue weighted by atomic mass is 10.2. The summed E-state index contributed by atoms with van der Waals surface area (Å²) in [7, 11) is -3.27. The predicted octanol–water partition coefficient (Wildman–Crippen LogP) is -0.0744. The van der Waals surface area contributed by atoms with E-state index in [1.807, 2.05) is 6.92 Å². The smallest absolute Gasteiger partial charge is 0.248 e. The van der Waals surface area contributed by atoms with Crippen molar-refractivity contribution >= 4 is 10.0 Å². The Labute approximate surface area is 65.9 Å². The maximum absolute atomic E-state index is 10.8. The van der Waals surface area contributed by atoms with Crippen molar-refractivity contribution < 1.29 is 13.6 Å². The summed E-state index contributed by atoms with van der Waals surface area (Å²) in [6.07, 6.45) is 0. The molecule has 1 aromatic carbocycles. The summed E-state index contributed by atoms with van der Waals surface area (Å²) < 4.78 is 21.7. The quantitative estimate of drug-likeness (QED) is 0.644. The largest absolute Gasteiger partial charge is 0.322 e. The number of sulfonamides is 1. The minimum absolute atomic E-state index is 0.267. The zero-order valence-electron chi connectivity index (χ0n) is 6.24. The van der Waals surface area contributed by atoms with Crippen LogP contribution >= 0.6 is 0 Å². The monoisotopic (exact) mass is 172 g/mol. The SMILES string of the molecule is Cc1ccc(S([NH3+])(=O)=O)cc1. The van der Waals surface area contributed by atoms with Crippen molar-refractivity contribution in [1.82, 2.24) is 0 Å². The first-order valence-electron chi connectivity index (χ1n) is 3.15. The van der Waals surface area contributed by atoms with Crippen LogP contribution in [-0.2, 0) is 10.0 Å². The molecule has 0 fully saturated rings. The molecule has 0 aliphatic carbocycles. The van der Waals surface area contributed by atoms with Crippen LogP contribution in [0.1, 0.15) is 5.56 Å². The van der Waals surface area contributed by atoms with E-state index < -0.39 is 10.0 Å². The molecule has 60 valence electrons. The van der Waals surface area contributed by atoms with Gasteiger partial charge >= 0.3 is 10.0 Å². The van der Waals surface area contributed by atoms with Gasteiger partial charge in [-0.25, -0.2) is 5.14 Å². The minimum atomic E-state index is -3.27. The molecule has 0 radical (unpaired) electrons. The number of rotatable bonds is 1. The zero-order valence-corrected chi connectivity index (χ0v) is 7.06. The van der Waals surface area contributed by atoms with Gasteiger partial charge in [0.2, 0.25) is 0 Å². The molecule has 0 atom stereocenters. The van der Waals surface area contributed by atoms with E-state index in [0.29, 0.717) is 0 Å². The Kier molecular flexibility index (Phi) is 1.97. The first-order chi connectivity index (χ1) is 5.00. The molecule has 0 aliphatic rings. The molecule has 0 bridgehead atoms. The van der Waals surface area contributed by atoms with Crippen LogP contribution in [0.5, 0.6) is 0 Å². The second kappa shape index (κ2) is 2.64. The maximum Gasteiger partial charge on any atom is 0.322 e. The highest BCUT2D eigenvalue weighted by Crippen LogP contribution is 2.05. The van der Waals surface area contributed by atoms with Gasteiger partial charge in [-0.1, -0.05) is 17.7 Å². The van der Waals surface area contributed by atoms with Gasteiger partial charge < -0.3 is 0 Å². The van der Waals surface area contributed by atoms with Crippen molar-refractivity contribution in [2.75, 3.05) is 0 Å². The molecule has 3 N–H and O–H groups in total. The standard InChI is InChI=1S/C7H9NO2S/c1-6-2-4-7(5-3-6)11(8,9)10/h2-5H,1H3,(H2,8,9,10)/p+1. The number of hydrogen-bond acceptors (Lipinski definition) is 2. The average molecular weight is 172 g/mol. The molecule has 0 aliphatic heterocycles. The fraction of sp³-hybridized carbons (Fsp3) is 0.143. The van der Waals surface area contributed by atoms with E-state index in [1.165, 1.54) is 0 Å². The van der Waals surface area contributed by atoms with E-state index in [2.05, 4.69) is 5.14 Å². The first kappa shape index (κ1) is 8.23. The van der Waals surface area contributed by atoms with Gasteiger partial charge in [-0.3, -0.25) is 0 Å². The number of quaternary nitrogens is 1. The summed E-state index contributed by atoms with van der Waals surface area (Å²) in [5, 5.41) is 3.04. The van der Waals surface area contributed by atoms with E-state index in [0.717, 1.165) is 5.56 Å². The van der Waals surface area contributed by atoms with Gasteiger partial charge in [0.15, 0.2) is 0 Å². The number of benzene rings is 1. The van der Waals surface area contributed by atoms with Crippen LogP contribution in [0.25, 0.3) is 0 Å². The summed E-state index contributed by atoms with van der Waals surface area (Å²) in [6.45, 7) is 1.90. The second-order valence-corrected chi connectivity index (χ2v) is 4.13. The molecule has 4 heteroatoms. The molecule has 0 amide bonds. The van der Waals surface area contributed by atoms with E-state index in [4.69, 9.17) is 0 Å². The predicted molar refractivity (Wildman–Crippen MR) is 41.3 cm³/mol. The highest BCUT2D eigenvalue weighted by Gasteiger charge is 2.08. The fourth-order valence-electron chi connectivity index (χ4n) is 0.746. The molecule has 0 unspecified atom stereocenters. The minimum Gasteiger partial charge on any atom is -0.248 e. The molecule has 0 saturated heterocycles. The van der Waals surface area contributed by atoms with Crippen molar-refractivity contribution in [3.63, 3.8) is 0 Å². The lowest BCUT2D eigenvalue weighted by Crippen LogP contribution is -2.56. The third-order valence-electron chi connectivity index (χ3n) is 1.38. The summed E-state index contributed by atoms with van der Waals surface area (Å²) in [5.74, 6) is 0. The van der Waals surface area contributed by atoms with Crippen LogP contribution in [0.2, 0.25) is 0 Å². The van der Waals surface area contributed by atoms with Gasteiger partial charge in [0.25, 0.3) is 0 Å². The summed E-state index contributed by atoms with van der Waals surface area (Å²) in [6, 6.07) is 6.60. The summed E-state index contributed by atoms with van der Waals surface area (Å²) in [4.78, 5) is 0.267. The molecule has 11 heavy (non-hydrogen) atoms. The lowest BCUT2D eigenvalue weighted by Gasteiger charge is -1.94. The third kappa shape index (κ3) is 2.03.